The first-order valence-electron chi connectivity index (χ1n) is 5.92. The van der Waals surface area contributed by atoms with E-state index in [4.69, 9.17) is 11.5 Å². The summed E-state index contributed by atoms with van der Waals surface area (Å²) in [5.41, 5.74) is 10.9. The Bertz CT molecular complexity index is 394. The highest BCUT2D eigenvalue weighted by atomic mass is 16.1. The molecular weight excluding hydrogens is 218 g/mol. The van der Waals surface area contributed by atoms with Gasteiger partial charge in [0.2, 0.25) is 5.91 Å². The minimum absolute atomic E-state index is 0.182. The van der Waals surface area contributed by atoms with E-state index in [0.717, 1.165) is 25.9 Å². The summed E-state index contributed by atoms with van der Waals surface area (Å²) in [5.74, 6) is 0.296. The Morgan fingerprint density at radius 3 is 2.65 bits per heavy atom. The third-order valence-corrected chi connectivity index (χ3v) is 3.46. The van der Waals surface area contributed by atoms with E-state index < -0.39 is 0 Å². The summed E-state index contributed by atoms with van der Waals surface area (Å²) < 4.78 is 1.92. The Kier molecular flexibility index (Phi) is 3.33. The molecule has 94 valence electrons. The minimum Gasteiger partial charge on any atom is -0.382 e. The molecule has 2 heterocycles. The van der Waals surface area contributed by atoms with Crippen molar-refractivity contribution in [3.8, 4) is 0 Å². The number of carbonyl (C=O) groups is 1. The van der Waals surface area contributed by atoms with E-state index in [-0.39, 0.29) is 11.9 Å². The number of amides is 1. The number of nitrogens with two attached hydrogens (primary N) is 2. The number of likely N-dealkylation sites (tertiary alicyclic amines) is 1. The molecule has 4 N–H and O–H groups in total. The number of nitrogens with zero attached hydrogens (tertiary/aromatic N) is 3. The fraction of sp³-hybridized carbons (Fsp3) is 0.636. The maximum absolute atomic E-state index is 11.1. The molecule has 1 atom stereocenters. The van der Waals surface area contributed by atoms with Crippen molar-refractivity contribution in [1.82, 2.24) is 14.7 Å². The number of nitrogen functional groups attached to an aromatic ring is 1. The second-order valence-electron chi connectivity index (χ2n) is 4.57. The Balaban J connectivity index is 1.92. The lowest BCUT2D eigenvalue weighted by atomic mass is 10.0. The molecule has 0 spiro atoms. The van der Waals surface area contributed by atoms with Crippen LogP contribution in [0, 0.1) is 0 Å². The molecule has 0 radical (unpaired) electrons. The van der Waals surface area contributed by atoms with Crippen molar-refractivity contribution in [3.63, 3.8) is 0 Å². The van der Waals surface area contributed by atoms with Gasteiger partial charge in [0.15, 0.2) is 0 Å². The summed E-state index contributed by atoms with van der Waals surface area (Å²) >= 11 is 0. The van der Waals surface area contributed by atoms with Crippen LogP contribution in [0.4, 0.5) is 5.82 Å². The number of hydrogen-bond acceptors (Lipinski definition) is 4. The molecule has 0 aromatic carbocycles. The topological polar surface area (TPSA) is 90.2 Å². The number of hydrogen-bond donors (Lipinski definition) is 2. The fourth-order valence-electron chi connectivity index (χ4n) is 2.27. The molecule has 1 unspecified atom stereocenters. The van der Waals surface area contributed by atoms with Gasteiger partial charge in [-0.1, -0.05) is 0 Å². The first kappa shape index (κ1) is 11.9. The second kappa shape index (κ2) is 4.75. The molecule has 0 aliphatic carbocycles. The van der Waals surface area contributed by atoms with Gasteiger partial charge in [-0.3, -0.25) is 14.4 Å². The number of primary amides is 1. The van der Waals surface area contributed by atoms with Crippen LogP contribution >= 0.6 is 0 Å². The number of rotatable bonds is 3. The smallest absolute Gasteiger partial charge is 0.234 e. The van der Waals surface area contributed by atoms with Crippen molar-refractivity contribution in [2.24, 2.45) is 5.73 Å². The minimum atomic E-state index is -0.258. The van der Waals surface area contributed by atoms with Crippen molar-refractivity contribution in [2.75, 3.05) is 18.8 Å². The fourth-order valence-corrected chi connectivity index (χ4v) is 2.27. The average molecular weight is 237 g/mol. The zero-order chi connectivity index (χ0) is 12.4. The number of carbonyl (C=O) groups excluding carboxylic acids is 1. The molecule has 2 rings (SSSR count). The van der Waals surface area contributed by atoms with E-state index in [1.54, 1.807) is 6.07 Å². The van der Waals surface area contributed by atoms with Crippen LogP contribution < -0.4 is 11.5 Å². The van der Waals surface area contributed by atoms with Crippen molar-refractivity contribution in [2.45, 2.75) is 31.8 Å². The highest BCUT2D eigenvalue weighted by Crippen LogP contribution is 2.23. The number of piperidine rings is 1. The molecule has 1 amide bonds. The monoisotopic (exact) mass is 237 g/mol. The molecule has 6 nitrogen and oxygen atoms in total. The molecule has 1 aliphatic heterocycles. The third-order valence-electron chi connectivity index (χ3n) is 3.46. The van der Waals surface area contributed by atoms with Crippen LogP contribution in [-0.2, 0) is 4.79 Å². The van der Waals surface area contributed by atoms with Crippen LogP contribution in [0.25, 0.3) is 0 Å². The predicted molar refractivity (Wildman–Crippen MR) is 65.1 cm³/mol. The van der Waals surface area contributed by atoms with E-state index in [1.165, 1.54) is 0 Å². The largest absolute Gasteiger partial charge is 0.382 e. The lowest BCUT2D eigenvalue weighted by Gasteiger charge is -2.34. The molecule has 1 aromatic heterocycles. The Morgan fingerprint density at radius 1 is 1.53 bits per heavy atom. The Hall–Kier alpha value is -1.56. The zero-order valence-electron chi connectivity index (χ0n) is 10.0. The summed E-state index contributed by atoms with van der Waals surface area (Å²) in [6.07, 6.45) is 3.85. The molecule has 1 fully saturated rings. The van der Waals surface area contributed by atoms with Crippen molar-refractivity contribution >= 4 is 11.7 Å². The summed E-state index contributed by atoms with van der Waals surface area (Å²) in [4.78, 5) is 13.2. The molecule has 17 heavy (non-hydrogen) atoms. The van der Waals surface area contributed by atoms with E-state index in [2.05, 4.69) is 10.00 Å². The summed E-state index contributed by atoms with van der Waals surface area (Å²) in [6, 6.07) is 2.00. The van der Waals surface area contributed by atoms with Gasteiger partial charge in [0.25, 0.3) is 0 Å². The average Bonchev–Trinajstić information content (AvgIpc) is 2.75. The number of aromatic nitrogens is 2. The molecule has 1 aromatic rings. The molecule has 0 bridgehead atoms. The van der Waals surface area contributed by atoms with Gasteiger partial charge >= 0.3 is 0 Å². The van der Waals surface area contributed by atoms with Gasteiger partial charge < -0.3 is 11.5 Å². The Morgan fingerprint density at radius 2 is 2.18 bits per heavy atom. The Labute approximate surface area is 101 Å². The molecular formula is C11H19N5O. The van der Waals surface area contributed by atoms with E-state index >= 15 is 0 Å². The molecule has 0 saturated carbocycles. The van der Waals surface area contributed by atoms with E-state index in [1.807, 2.05) is 17.8 Å². The quantitative estimate of drug-likeness (QED) is 0.772. The van der Waals surface area contributed by atoms with Gasteiger partial charge in [-0.25, -0.2) is 0 Å². The highest BCUT2D eigenvalue weighted by Gasteiger charge is 2.26. The number of anilines is 1. The maximum Gasteiger partial charge on any atom is 0.234 e. The standard InChI is InChI=1S/C11H19N5O/c1-8(11(13)17)15-5-2-9(3-6-15)16-7-4-10(12)14-16/h4,7-9H,2-3,5-6H2,1H3,(H2,12,14)(H2,13,17). The van der Waals surface area contributed by atoms with Gasteiger partial charge in [-0.2, -0.15) is 5.10 Å². The van der Waals surface area contributed by atoms with Crippen LogP contribution in [-0.4, -0.2) is 39.7 Å². The SMILES string of the molecule is CC(C(N)=O)N1CCC(n2ccc(N)n2)CC1. The van der Waals surface area contributed by atoms with Crippen molar-refractivity contribution in [1.29, 1.82) is 0 Å². The first-order chi connectivity index (χ1) is 8.08. The lowest BCUT2D eigenvalue weighted by molar-refractivity contribution is -0.123. The highest BCUT2D eigenvalue weighted by molar-refractivity contribution is 5.79. The van der Waals surface area contributed by atoms with Gasteiger partial charge in [0, 0.05) is 19.3 Å². The van der Waals surface area contributed by atoms with Gasteiger partial charge in [0.05, 0.1) is 12.1 Å². The second-order valence-corrected chi connectivity index (χ2v) is 4.57. The maximum atomic E-state index is 11.1. The van der Waals surface area contributed by atoms with Gasteiger partial charge in [-0.05, 0) is 25.8 Å². The lowest BCUT2D eigenvalue weighted by Crippen LogP contribution is -2.46. The molecule has 1 aliphatic rings. The van der Waals surface area contributed by atoms with E-state index in [9.17, 15) is 4.79 Å². The van der Waals surface area contributed by atoms with Crippen LogP contribution in [0.3, 0.4) is 0 Å². The van der Waals surface area contributed by atoms with Crippen LogP contribution in [0.5, 0.6) is 0 Å². The predicted octanol–water partition coefficient (Wildman–Crippen LogP) is -0.0240. The summed E-state index contributed by atoms with van der Waals surface area (Å²) in [7, 11) is 0. The van der Waals surface area contributed by atoms with Crippen molar-refractivity contribution < 1.29 is 4.79 Å². The van der Waals surface area contributed by atoms with Crippen LogP contribution in [0.1, 0.15) is 25.8 Å². The molecule has 1 saturated heterocycles. The zero-order valence-corrected chi connectivity index (χ0v) is 10.0. The summed E-state index contributed by atoms with van der Waals surface area (Å²) in [6.45, 7) is 3.59. The molecule has 6 heteroatoms. The summed E-state index contributed by atoms with van der Waals surface area (Å²) in [5, 5.41) is 4.22. The van der Waals surface area contributed by atoms with Gasteiger partial charge in [0.1, 0.15) is 5.82 Å². The van der Waals surface area contributed by atoms with Crippen LogP contribution in [0.15, 0.2) is 12.3 Å². The van der Waals surface area contributed by atoms with Crippen molar-refractivity contribution in [3.05, 3.63) is 12.3 Å². The third kappa shape index (κ3) is 2.58. The first-order valence-corrected chi connectivity index (χ1v) is 5.92. The normalized spacial score (nSPS) is 20.3. The van der Waals surface area contributed by atoms with Gasteiger partial charge in [-0.15, -0.1) is 0 Å². The van der Waals surface area contributed by atoms with E-state index in [0.29, 0.717) is 11.9 Å². The van der Waals surface area contributed by atoms with Crippen LogP contribution in [0.2, 0.25) is 0 Å².